The SMILES string of the molecule is C=[NH+]CCCCC([NH3+])C(=O)NCC(Cc1ccccc1)B1OC2CC3CC(C3(C)C)C2(C)O1. The number of rotatable bonds is 11. The van der Waals surface area contributed by atoms with Crippen LogP contribution in [0.3, 0.4) is 0 Å². The van der Waals surface area contributed by atoms with E-state index < -0.39 is 0 Å². The highest BCUT2D eigenvalue weighted by Gasteiger charge is 2.68. The van der Waals surface area contributed by atoms with Crippen molar-refractivity contribution < 1.29 is 24.8 Å². The largest absolute Gasteiger partial charge is 0.463 e. The Morgan fingerprint density at radius 1 is 1.27 bits per heavy atom. The van der Waals surface area contributed by atoms with Gasteiger partial charge in [0.15, 0.2) is 6.04 Å². The van der Waals surface area contributed by atoms with Gasteiger partial charge in [0.05, 0.1) is 11.7 Å². The molecule has 0 spiro atoms. The Morgan fingerprint density at radius 2 is 2.03 bits per heavy atom. The molecule has 0 radical (unpaired) electrons. The molecule has 3 aliphatic carbocycles. The molecular weight excluding hydrogens is 413 g/mol. The first-order valence-electron chi connectivity index (χ1n) is 12.7. The number of carbonyl (C=O) groups is 1. The second-order valence-corrected chi connectivity index (χ2v) is 11.2. The van der Waals surface area contributed by atoms with Crippen molar-refractivity contribution >= 4 is 19.7 Å². The molecule has 5 rings (SSSR count). The van der Waals surface area contributed by atoms with Crippen LogP contribution in [0, 0.1) is 17.3 Å². The average Bonchev–Trinajstić information content (AvgIpc) is 3.16. The summed E-state index contributed by atoms with van der Waals surface area (Å²) in [5.41, 5.74) is 5.40. The zero-order valence-corrected chi connectivity index (χ0v) is 20.6. The normalized spacial score (nSPS) is 31.3. The fourth-order valence-corrected chi connectivity index (χ4v) is 6.43. The van der Waals surface area contributed by atoms with Gasteiger partial charge in [0.1, 0.15) is 13.3 Å². The molecule has 7 heteroatoms. The molecule has 5 N–H and O–H groups in total. The minimum atomic E-state index is -0.304. The molecule has 4 fully saturated rings. The van der Waals surface area contributed by atoms with Crippen LogP contribution in [-0.4, -0.2) is 50.6 Å². The van der Waals surface area contributed by atoms with Crippen LogP contribution in [0.15, 0.2) is 30.3 Å². The summed E-state index contributed by atoms with van der Waals surface area (Å²) in [6.45, 7) is 12.1. The lowest BCUT2D eigenvalue weighted by molar-refractivity contribution is -0.448. The van der Waals surface area contributed by atoms with Gasteiger partial charge in [-0.2, -0.15) is 0 Å². The van der Waals surface area contributed by atoms with Gasteiger partial charge in [0, 0.05) is 25.2 Å². The predicted molar refractivity (Wildman–Crippen MR) is 130 cm³/mol. The van der Waals surface area contributed by atoms with E-state index in [1.54, 1.807) is 0 Å². The van der Waals surface area contributed by atoms with Crippen molar-refractivity contribution in [3.8, 4) is 0 Å². The summed E-state index contributed by atoms with van der Waals surface area (Å²) in [6, 6.07) is 10.2. The lowest BCUT2D eigenvalue weighted by atomic mass is 9.43. The molecule has 4 aliphatic rings. The third kappa shape index (κ3) is 4.91. The number of carbonyl (C=O) groups excluding carboxylic acids is 1. The number of amides is 1. The van der Waals surface area contributed by atoms with Gasteiger partial charge in [0.2, 0.25) is 0 Å². The standard InChI is InChI=1S/C26H40BN3O3/c1-25(2)19-15-22(25)26(3)23(16-19)32-27(33-26)20(14-18-10-6-5-7-11-18)17-30-24(31)21(28)12-8-9-13-29-4/h5-7,10-11,19-23H,4,8-9,12-17,28H2,1-3H3,(H,30,31)/p+2. The van der Waals surface area contributed by atoms with E-state index in [1.807, 2.05) is 6.07 Å². The highest BCUT2D eigenvalue weighted by atomic mass is 16.7. The summed E-state index contributed by atoms with van der Waals surface area (Å²) in [4.78, 5) is 15.7. The molecule has 1 aliphatic heterocycles. The molecule has 6 atom stereocenters. The van der Waals surface area contributed by atoms with Gasteiger partial charge in [-0.05, 0) is 55.4 Å². The highest BCUT2D eigenvalue weighted by Crippen LogP contribution is 2.66. The van der Waals surface area contributed by atoms with E-state index in [0.717, 1.165) is 44.6 Å². The maximum Gasteiger partial charge on any atom is 0.463 e. The third-order valence-electron chi connectivity index (χ3n) is 8.76. The van der Waals surface area contributed by atoms with Crippen molar-refractivity contribution in [3.05, 3.63) is 35.9 Å². The van der Waals surface area contributed by atoms with Crippen molar-refractivity contribution in [2.45, 2.75) is 82.9 Å². The molecule has 180 valence electrons. The Kier molecular flexibility index (Phi) is 7.32. The zero-order valence-electron chi connectivity index (χ0n) is 20.6. The van der Waals surface area contributed by atoms with E-state index in [4.69, 9.17) is 9.31 Å². The topological polar surface area (TPSA) is 89.2 Å². The minimum absolute atomic E-state index is 0.0145. The fourth-order valence-electron chi connectivity index (χ4n) is 6.43. The van der Waals surface area contributed by atoms with Crippen molar-refractivity contribution in [2.24, 2.45) is 17.3 Å². The van der Waals surface area contributed by atoms with Gasteiger partial charge in [-0.3, -0.25) is 9.79 Å². The Hall–Kier alpha value is -1.70. The fraction of sp³-hybridized carbons (Fsp3) is 0.692. The van der Waals surface area contributed by atoms with Crippen molar-refractivity contribution in [3.63, 3.8) is 0 Å². The number of unbranched alkanes of at least 4 members (excludes halogenated alkanes) is 1. The molecule has 1 aromatic carbocycles. The Balaban J connectivity index is 1.40. The number of nitrogens with one attached hydrogen (secondary N) is 2. The van der Waals surface area contributed by atoms with Gasteiger partial charge < -0.3 is 20.4 Å². The van der Waals surface area contributed by atoms with E-state index in [-0.39, 0.29) is 36.6 Å². The number of benzene rings is 1. The second kappa shape index (κ2) is 9.89. The molecule has 3 saturated carbocycles. The third-order valence-corrected chi connectivity index (χ3v) is 8.76. The van der Waals surface area contributed by atoms with E-state index in [0.29, 0.717) is 17.9 Å². The van der Waals surface area contributed by atoms with Crippen molar-refractivity contribution in [1.29, 1.82) is 0 Å². The Morgan fingerprint density at radius 3 is 2.73 bits per heavy atom. The van der Waals surface area contributed by atoms with Crippen LogP contribution in [0.1, 0.15) is 58.4 Å². The van der Waals surface area contributed by atoms with Gasteiger partial charge in [-0.25, -0.2) is 0 Å². The minimum Gasteiger partial charge on any atom is -0.405 e. The second-order valence-electron chi connectivity index (χ2n) is 11.2. The first-order valence-corrected chi connectivity index (χ1v) is 12.7. The van der Waals surface area contributed by atoms with Gasteiger partial charge in [0.25, 0.3) is 5.91 Å². The van der Waals surface area contributed by atoms with E-state index in [9.17, 15) is 4.79 Å². The van der Waals surface area contributed by atoms with Gasteiger partial charge in [-0.15, -0.1) is 0 Å². The molecule has 6 nitrogen and oxygen atoms in total. The Labute approximate surface area is 199 Å². The number of hydrogen-bond donors (Lipinski definition) is 3. The average molecular weight is 455 g/mol. The van der Waals surface area contributed by atoms with E-state index in [2.05, 4.69) is 67.8 Å². The summed E-state index contributed by atoms with van der Waals surface area (Å²) < 4.78 is 13.3. The van der Waals surface area contributed by atoms with E-state index >= 15 is 0 Å². The molecule has 6 unspecified atom stereocenters. The molecule has 33 heavy (non-hydrogen) atoms. The van der Waals surface area contributed by atoms with E-state index in [1.165, 1.54) is 12.0 Å². The van der Waals surface area contributed by atoms with Crippen LogP contribution < -0.4 is 16.0 Å². The molecule has 1 heterocycles. The van der Waals surface area contributed by atoms with Crippen LogP contribution in [-0.2, 0) is 20.5 Å². The molecule has 0 aromatic heterocycles. The number of hydrogen-bond acceptors (Lipinski definition) is 3. The Bertz CT molecular complexity index is 835. The van der Waals surface area contributed by atoms with Crippen LogP contribution >= 0.6 is 0 Å². The van der Waals surface area contributed by atoms with Crippen molar-refractivity contribution in [1.82, 2.24) is 5.32 Å². The molecule has 2 bridgehead atoms. The molecule has 1 saturated heterocycles. The number of quaternary nitrogens is 1. The summed E-state index contributed by atoms with van der Waals surface area (Å²) in [5.74, 6) is 1.32. The predicted octanol–water partition coefficient (Wildman–Crippen LogP) is 1.01. The summed E-state index contributed by atoms with van der Waals surface area (Å²) in [7, 11) is -0.304. The maximum atomic E-state index is 12.8. The highest BCUT2D eigenvalue weighted by molar-refractivity contribution is 6.47. The summed E-state index contributed by atoms with van der Waals surface area (Å²) >= 11 is 0. The lowest BCUT2D eigenvalue weighted by Crippen LogP contribution is -2.68. The first-order chi connectivity index (χ1) is 15.8. The van der Waals surface area contributed by atoms with Gasteiger partial charge in [-0.1, -0.05) is 44.2 Å². The van der Waals surface area contributed by atoms with Crippen LogP contribution in [0.25, 0.3) is 0 Å². The van der Waals surface area contributed by atoms with Crippen LogP contribution in [0.5, 0.6) is 0 Å². The monoisotopic (exact) mass is 455 g/mol. The molecule has 1 aromatic rings. The quantitative estimate of drug-likeness (QED) is 0.264. The lowest BCUT2D eigenvalue weighted by Gasteiger charge is -2.64. The summed E-state index contributed by atoms with van der Waals surface area (Å²) in [6.07, 6.45) is 6.02. The smallest absolute Gasteiger partial charge is 0.405 e. The zero-order chi connectivity index (χ0) is 23.6. The summed E-state index contributed by atoms with van der Waals surface area (Å²) in [5, 5.41) is 3.16. The molecular formula is C26H42BN3O3+2. The maximum absolute atomic E-state index is 12.8. The first kappa shape index (κ1) is 24.4. The van der Waals surface area contributed by atoms with Gasteiger partial charge >= 0.3 is 7.12 Å². The molecule has 1 amide bonds. The van der Waals surface area contributed by atoms with Crippen molar-refractivity contribution in [2.75, 3.05) is 13.1 Å². The van der Waals surface area contributed by atoms with Crippen LogP contribution in [0.2, 0.25) is 5.82 Å². The van der Waals surface area contributed by atoms with Crippen LogP contribution in [0.4, 0.5) is 0 Å².